The Morgan fingerprint density at radius 3 is 2.64 bits per heavy atom. The van der Waals surface area contributed by atoms with Crippen LogP contribution in [-0.2, 0) is 11.2 Å². The van der Waals surface area contributed by atoms with Gasteiger partial charge in [0.2, 0.25) is 5.91 Å². The van der Waals surface area contributed by atoms with Gasteiger partial charge in [0, 0.05) is 32.0 Å². The van der Waals surface area contributed by atoms with Crippen LogP contribution in [0.2, 0.25) is 0 Å². The minimum atomic E-state index is -0.895. The lowest BCUT2D eigenvalue weighted by molar-refractivity contribution is -0.132. The van der Waals surface area contributed by atoms with E-state index < -0.39 is 5.60 Å². The quantitative estimate of drug-likeness (QED) is 0.890. The average Bonchev–Trinajstić information content (AvgIpc) is 2.92. The van der Waals surface area contributed by atoms with Crippen LogP contribution in [0, 0.1) is 0 Å². The minimum Gasteiger partial charge on any atom is -0.441 e. The predicted molar refractivity (Wildman–Crippen MR) is 84.2 cm³/mol. The zero-order valence-electron chi connectivity index (χ0n) is 13.2. The smallest absolute Gasteiger partial charge is 0.222 e. The summed E-state index contributed by atoms with van der Waals surface area (Å²) in [4.78, 5) is 17.8. The van der Waals surface area contributed by atoms with Crippen LogP contribution >= 0.6 is 0 Å². The summed E-state index contributed by atoms with van der Waals surface area (Å²) in [5.41, 5.74) is 0.0695. The Balaban J connectivity index is 1.90. The van der Waals surface area contributed by atoms with E-state index in [9.17, 15) is 9.90 Å². The fraction of sp³-hybridized carbons (Fsp3) is 0.412. The lowest BCUT2D eigenvalue weighted by atomic mass is 10.1. The van der Waals surface area contributed by atoms with Gasteiger partial charge in [0.1, 0.15) is 0 Å². The molecule has 0 aliphatic heterocycles. The molecule has 118 valence electrons. The van der Waals surface area contributed by atoms with Gasteiger partial charge in [-0.25, -0.2) is 4.98 Å². The number of aromatic nitrogens is 1. The van der Waals surface area contributed by atoms with E-state index in [1.807, 2.05) is 30.3 Å². The van der Waals surface area contributed by atoms with E-state index in [0.29, 0.717) is 31.0 Å². The minimum absolute atomic E-state index is 0.0402. The fourth-order valence-corrected chi connectivity index (χ4v) is 2.24. The van der Waals surface area contributed by atoms with Gasteiger partial charge in [0.25, 0.3) is 0 Å². The van der Waals surface area contributed by atoms with Gasteiger partial charge in [-0.3, -0.25) is 4.79 Å². The summed E-state index contributed by atoms with van der Waals surface area (Å²) in [6.45, 7) is 3.65. The molecule has 0 unspecified atom stereocenters. The zero-order chi connectivity index (χ0) is 16.2. The molecule has 0 fully saturated rings. The highest BCUT2D eigenvalue weighted by atomic mass is 16.4. The first kappa shape index (κ1) is 16.2. The van der Waals surface area contributed by atoms with Crippen molar-refractivity contribution in [3.05, 3.63) is 42.4 Å². The van der Waals surface area contributed by atoms with Crippen molar-refractivity contribution in [3.8, 4) is 11.3 Å². The normalized spacial score (nSPS) is 11.5. The number of carbonyl (C=O) groups is 1. The monoisotopic (exact) mass is 302 g/mol. The molecule has 5 heteroatoms. The molecule has 0 atom stereocenters. The molecule has 1 aromatic heterocycles. The van der Waals surface area contributed by atoms with Crippen LogP contribution in [0.4, 0.5) is 0 Å². The number of likely N-dealkylation sites (N-methyl/N-ethyl adjacent to an activating group) is 1. The first-order valence-corrected chi connectivity index (χ1v) is 7.31. The second kappa shape index (κ2) is 6.75. The molecule has 0 aliphatic rings. The summed E-state index contributed by atoms with van der Waals surface area (Å²) < 4.78 is 5.67. The van der Waals surface area contributed by atoms with E-state index in [1.165, 1.54) is 4.90 Å². The number of hydrogen-bond donors (Lipinski definition) is 1. The maximum absolute atomic E-state index is 12.0. The first-order valence-electron chi connectivity index (χ1n) is 7.31. The Labute approximate surface area is 130 Å². The number of aryl methyl sites for hydroxylation is 1. The highest BCUT2D eigenvalue weighted by Gasteiger charge is 2.19. The molecule has 2 aromatic rings. The van der Waals surface area contributed by atoms with Gasteiger partial charge in [-0.05, 0) is 13.8 Å². The molecule has 2 rings (SSSR count). The molecule has 1 amide bonds. The number of oxazole rings is 1. The van der Waals surface area contributed by atoms with Crippen LogP contribution in [0.3, 0.4) is 0 Å². The van der Waals surface area contributed by atoms with Crippen molar-refractivity contribution >= 4 is 5.91 Å². The van der Waals surface area contributed by atoms with E-state index >= 15 is 0 Å². The molecule has 5 nitrogen and oxygen atoms in total. The van der Waals surface area contributed by atoms with E-state index in [-0.39, 0.29) is 5.91 Å². The Kier molecular flexibility index (Phi) is 4.98. The average molecular weight is 302 g/mol. The van der Waals surface area contributed by atoms with Gasteiger partial charge >= 0.3 is 0 Å². The maximum Gasteiger partial charge on any atom is 0.222 e. The second-order valence-electron chi connectivity index (χ2n) is 6.05. The molecule has 0 bridgehead atoms. The van der Waals surface area contributed by atoms with Crippen LogP contribution in [-0.4, -0.2) is 40.1 Å². The van der Waals surface area contributed by atoms with Crippen LogP contribution in [0.15, 0.2) is 40.9 Å². The molecule has 0 radical (unpaired) electrons. The van der Waals surface area contributed by atoms with Crippen LogP contribution < -0.4 is 0 Å². The number of nitrogens with zero attached hydrogens (tertiary/aromatic N) is 2. The van der Waals surface area contributed by atoms with Crippen molar-refractivity contribution in [2.24, 2.45) is 0 Å². The van der Waals surface area contributed by atoms with Crippen molar-refractivity contribution in [2.75, 3.05) is 13.6 Å². The number of aliphatic hydroxyl groups is 1. The largest absolute Gasteiger partial charge is 0.441 e. The molecule has 1 heterocycles. The molecule has 0 aliphatic carbocycles. The predicted octanol–water partition coefficient (Wildman–Crippen LogP) is 2.50. The third kappa shape index (κ3) is 4.70. The second-order valence-corrected chi connectivity index (χ2v) is 6.05. The fourth-order valence-electron chi connectivity index (χ4n) is 2.24. The topological polar surface area (TPSA) is 66.6 Å². The van der Waals surface area contributed by atoms with Crippen LogP contribution in [0.1, 0.15) is 26.2 Å². The van der Waals surface area contributed by atoms with Crippen molar-refractivity contribution in [1.29, 1.82) is 0 Å². The van der Waals surface area contributed by atoms with Gasteiger partial charge in [0.15, 0.2) is 11.7 Å². The Morgan fingerprint density at radius 2 is 2.00 bits per heavy atom. The summed E-state index contributed by atoms with van der Waals surface area (Å²) in [5, 5.41) is 9.73. The Bertz CT molecular complexity index is 614. The lowest BCUT2D eigenvalue weighted by Gasteiger charge is -2.25. The molecule has 22 heavy (non-hydrogen) atoms. The Hall–Kier alpha value is -2.14. The van der Waals surface area contributed by atoms with Crippen molar-refractivity contribution < 1.29 is 14.3 Å². The number of benzene rings is 1. The summed E-state index contributed by atoms with van der Waals surface area (Å²) >= 11 is 0. The highest BCUT2D eigenvalue weighted by Crippen LogP contribution is 2.20. The molecule has 0 saturated carbocycles. The van der Waals surface area contributed by atoms with Gasteiger partial charge in [-0.2, -0.15) is 0 Å². The Morgan fingerprint density at radius 1 is 1.32 bits per heavy atom. The molecule has 1 N–H and O–H groups in total. The number of hydrogen-bond acceptors (Lipinski definition) is 4. The summed E-state index contributed by atoms with van der Waals surface area (Å²) in [6, 6.07) is 9.72. The van der Waals surface area contributed by atoms with E-state index in [0.717, 1.165) is 5.56 Å². The van der Waals surface area contributed by atoms with Crippen molar-refractivity contribution in [1.82, 2.24) is 9.88 Å². The summed E-state index contributed by atoms with van der Waals surface area (Å²) in [5.74, 6) is 1.21. The standard InChI is InChI=1S/C17H22N2O3/c1-17(2,21)12-19(3)16(20)10-9-15-18-11-14(22-15)13-7-5-4-6-8-13/h4-8,11,21H,9-10,12H2,1-3H3. The molecular formula is C17H22N2O3. The SMILES string of the molecule is CN(CC(C)(C)O)C(=O)CCc1ncc(-c2ccccc2)o1. The van der Waals surface area contributed by atoms with Crippen LogP contribution in [0.5, 0.6) is 0 Å². The highest BCUT2D eigenvalue weighted by molar-refractivity contribution is 5.76. The number of amides is 1. The van der Waals surface area contributed by atoms with E-state index in [2.05, 4.69) is 4.98 Å². The third-order valence-corrected chi connectivity index (χ3v) is 3.21. The summed E-state index contributed by atoms with van der Waals surface area (Å²) in [6.07, 6.45) is 2.43. The van der Waals surface area contributed by atoms with Crippen molar-refractivity contribution in [3.63, 3.8) is 0 Å². The van der Waals surface area contributed by atoms with Crippen LogP contribution in [0.25, 0.3) is 11.3 Å². The van der Waals surface area contributed by atoms with Gasteiger partial charge in [-0.1, -0.05) is 30.3 Å². The van der Waals surface area contributed by atoms with Gasteiger partial charge in [0.05, 0.1) is 11.8 Å². The maximum atomic E-state index is 12.0. The van der Waals surface area contributed by atoms with Gasteiger partial charge < -0.3 is 14.4 Å². The third-order valence-electron chi connectivity index (χ3n) is 3.21. The summed E-state index contributed by atoms with van der Waals surface area (Å²) in [7, 11) is 1.69. The van der Waals surface area contributed by atoms with E-state index in [1.54, 1.807) is 27.1 Å². The molecule has 0 spiro atoms. The first-order chi connectivity index (χ1) is 10.3. The lowest BCUT2D eigenvalue weighted by Crippen LogP contribution is -2.39. The molecular weight excluding hydrogens is 280 g/mol. The zero-order valence-corrected chi connectivity index (χ0v) is 13.2. The number of carbonyl (C=O) groups excluding carboxylic acids is 1. The van der Waals surface area contributed by atoms with E-state index in [4.69, 9.17) is 4.42 Å². The number of rotatable bonds is 6. The van der Waals surface area contributed by atoms with Crippen molar-refractivity contribution in [2.45, 2.75) is 32.3 Å². The van der Waals surface area contributed by atoms with Gasteiger partial charge in [-0.15, -0.1) is 0 Å². The molecule has 1 aromatic carbocycles. The molecule has 0 saturated heterocycles.